The minimum atomic E-state index is 0.384. The first-order chi connectivity index (χ1) is 12.2. The van der Waals surface area contributed by atoms with E-state index in [1.54, 1.807) is 19.4 Å². The lowest BCUT2D eigenvalue weighted by Gasteiger charge is -2.14. The van der Waals surface area contributed by atoms with E-state index in [4.69, 9.17) is 25.8 Å². The molecule has 0 saturated carbocycles. The number of alkyl halides is 1. The lowest BCUT2D eigenvalue weighted by Crippen LogP contribution is -2.02. The molecule has 4 heteroatoms. The summed E-state index contributed by atoms with van der Waals surface area (Å²) in [4.78, 5) is 0. The van der Waals surface area contributed by atoms with Gasteiger partial charge >= 0.3 is 0 Å². The summed E-state index contributed by atoms with van der Waals surface area (Å²) in [6.45, 7) is 8.78. The fourth-order valence-corrected chi connectivity index (χ4v) is 2.19. The normalized spacial score (nSPS) is 11.9. The summed E-state index contributed by atoms with van der Waals surface area (Å²) < 4.78 is 16.8. The Labute approximate surface area is 156 Å². The number of benzene rings is 1. The van der Waals surface area contributed by atoms with Gasteiger partial charge in [0.1, 0.15) is 11.5 Å². The lowest BCUT2D eigenvalue weighted by molar-refractivity contribution is 0.151. The zero-order valence-corrected chi connectivity index (χ0v) is 15.6. The van der Waals surface area contributed by atoms with Gasteiger partial charge in [0.2, 0.25) is 0 Å². The summed E-state index contributed by atoms with van der Waals surface area (Å²) in [7, 11) is 1.65. The van der Waals surface area contributed by atoms with Crippen LogP contribution in [0.1, 0.15) is 24.8 Å². The van der Waals surface area contributed by atoms with E-state index >= 15 is 0 Å². The van der Waals surface area contributed by atoms with Crippen LogP contribution in [0.25, 0.3) is 6.08 Å². The molecule has 0 bridgehead atoms. The fraction of sp³-hybridized carbons (Fsp3) is 0.333. The molecule has 0 aliphatic carbocycles. The number of hydrogen-bond acceptors (Lipinski definition) is 3. The maximum atomic E-state index is 5.87. The van der Waals surface area contributed by atoms with Crippen LogP contribution >= 0.6 is 11.6 Å². The SMILES string of the molecule is C=CCOCCCC(OC)=C(CC(=C)CCl)OC=Cc1ccccc1. The highest BCUT2D eigenvalue weighted by Crippen LogP contribution is 2.21. The zero-order valence-electron chi connectivity index (χ0n) is 14.9. The molecule has 3 nitrogen and oxygen atoms in total. The van der Waals surface area contributed by atoms with E-state index in [0.717, 1.165) is 35.5 Å². The van der Waals surface area contributed by atoms with Crippen molar-refractivity contribution in [2.45, 2.75) is 19.3 Å². The topological polar surface area (TPSA) is 27.7 Å². The van der Waals surface area contributed by atoms with Gasteiger partial charge in [-0.3, -0.25) is 0 Å². The van der Waals surface area contributed by atoms with Crippen LogP contribution in [0.4, 0.5) is 0 Å². The molecular formula is C21H27ClO3. The molecule has 0 amide bonds. The highest BCUT2D eigenvalue weighted by molar-refractivity contribution is 6.19. The van der Waals surface area contributed by atoms with Crippen molar-refractivity contribution in [2.75, 3.05) is 26.2 Å². The third kappa shape index (κ3) is 9.18. The first kappa shape index (κ1) is 21.1. The maximum absolute atomic E-state index is 5.87. The van der Waals surface area contributed by atoms with E-state index < -0.39 is 0 Å². The van der Waals surface area contributed by atoms with E-state index in [2.05, 4.69) is 13.2 Å². The van der Waals surface area contributed by atoms with Crippen molar-refractivity contribution >= 4 is 17.7 Å². The molecule has 0 aliphatic heterocycles. The largest absolute Gasteiger partial charge is 0.498 e. The molecule has 0 aromatic heterocycles. The standard InChI is InChI=1S/C21H27ClO3/c1-4-13-24-14-8-11-20(23-3)21(16-18(2)17-22)25-15-12-19-9-6-5-7-10-19/h4-7,9-10,12,15H,1-2,8,11,13-14,16-17H2,3H3. The van der Waals surface area contributed by atoms with Crippen LogP contribution in [0.2, 0.25) is 0 Å². The second-order valence-corrected chi connectivity index (χ2v) is 5.68. The second-order valence-electron chi connectivity index (χ2n) is 5.41. The zero-order chi connectivity index (χ0) is 18.3. The molecule has 1 aromatic rings. The summed E-state index contributed by atoms with van der Waals surface area (Å²) in [6.07, 6.45) is 7.40. The number of allylic oxidation sites excluding steroid dienone is 2. The van der Waals surface area contributed by atoms with E-state index in [-0.39, 0.29) is 0 Å². The van der Waals surface area contributed by atoms with Crippen LogP contribution in [0, 0.1) is 0 Å². The number of hydrogen-bond donors (Lipinski definition) is 0. The van der Waals surface area contributed by atoms with Gasteiger partial charge in [0.15, 0.2) is 0 Å². The Morgan fingerprint density at radius 1 is 1.20 bits per heavy atom. The minimum Gasteiger partial charge on any atom is -0.498 e. The van der Waals surface area contributed by atoms with E-state index in [1.165, 1.54) is 0 Å². The fourth-order valence-electron chi connectivity index (χ4n) is 2.10. The molecule has 136 valence electrons. The molecular weight excluding hydrogens is 336 g/mol. The summed E-state index contributed by atoms with van der Waals surface area (Å²) in [5.74, 6) is 1.89. The third-order valence-electron chi connectivity index (χ3n) is 3.36. The van der Waals surface area contributed by atoms with Gasteiger partial charge in [0.25, 0.3) is 0 Å². The Kier molecular flexibility index (Phi) is 11.2. The van der Waals surface area contributed by atoms with Crippen LogP contribution in [0.15, 0.2) is 72.9 Å². The molecule has 0 heterocycles. The van der Waals surface area contributed by atoms with E-state index in [9.17, 15) is 0 Å². The molecule has 0 radical (unpaired) electrons. The Morgan fingerprint density at radius 3 is 2.60 bits per heavy atom. The highest BCUT2D eigenvalue weighted by Gasteiger charge is 2.10. The van der Waals surface area contributed by atoms with Crippen molar-refractivity contribution in [1.82, 2.24) is 0 Å². The quantitative estimate of drug-likeness (QED) is 0.195. The van der Waals surface area contributed by atoms with Crippen molar-refractivity contribution in [3.8, 4) is 0 Å². The molecule has 25 heavy (non-hydrogen) atoms. The molecule has 0 N–H and O–H groups in total. The molecule has 0 unspecified atom stereocenters. The van der Waals surface area contributed by atoms with E-state index in [0.29, 0.717) is 25.5 Å². The van der Waals surface area contributed by atoms with Crippen LogP contribution in [0.5, 0.6) is 0 Å². The highest BCUT2D eigenvalue weighted by atomic mass is 35.5. The Bertz CT molecular complexity index is 576. The molecule has 1 rings (SSSR count). The third-order valence-corrected chi connectivity index (χ3v) is 3.73. The van der Waals surface area contributed by atoms with Crippen molar-refractivity contribution in [2.24, 2.45) is 0 Å². The molecule has 0 saturated heterocycles. The summed E-state index contributed by atoms with van der Waals surface area (Å²) in [5.41, 5.74) is 1.94. The summed E-state index contributed by atoms with van der Waals surface area (Å²) in [6, 6.07) is 9.96. The van der Waals surface area contributed by atoms with Gasteiger partial charge in [-0.05, 0) is 18.1 Å². The van der Waals surface area contributed by atoms with Gasteiger partial charge in [-0.2, -0.15) is 0 Å². The molecule has 0 spiro atoms. The Balaban J connectivity index is 2.74. The first-order valence-corrected chi connectivity index (χ1v) is 8.80. The number of halogens is 1. The van der Waals surface area contributed by atoms with Crippen LogP contribution in [-0.4, -0.2) is 26.2 Å². The monoisotopic (exact) mass is 362 g/mol. The van der Waals surface area contributed by atoms with Crippen LogP contribution < -0.4 is 0 Å². The van der Waals surface area contributed by atoms with Crippen molar-refractivity contribution < 1.29 is 14.2 Å². The predicted molar refractivity (Wildman–Crippen MR) is 105 cm³/mol. The Morgan fingerprint density at radius 2 is 1.96 bits per heavy atom. The number of methoxy groups -OCH3 is 1. The van der Waals surface area contributed by atoms with Crippen molar-refractivity contribution in [1.29, 1.82) is 0 Å². The average molecular weight is 363 g/mol. The summed E-state index contributed by atoms with van der Waals surface area (Å²) >= 11 is 5.87. The van der Waals surface area contributed by atoms with Gasteiger partial charge in [0, 0.05) is 25.3 Å². The van der Waals surface area contributed by atoms with Crippen LogP contribution in [-0.2, 0) is 14.2 Å². The van der Waals surface area contributed by atoms with Crippen LogP contribution in [0.3, 0.4) is 0 Å². The number of ether oxygens (including phenoxy) is 3. The molecule has 0 aliphatic rings. The lowest BCUT2D eigenvalue weighted by atomic mass is 10.1. The van der Waals surface area contributed by atoms with Crippen molar-refractivity contribution in [3.05, 3.63) is 78.5 Å². The van der Waals surface area contributed by atoms with Gasteiger partial charge < -0.3 is 14.2 Å². The second kappa shape index (κ2) is 13.3. The van der Waals surface area contributed by atoms with Gasteiger partial charge in [0.05, 0.1) is 20.0 Å². The summed E-state index contributed by atoms with van der Waals surface area (Å²) in [5, 5.41) is 0. The van der Waals surface area contributed by atoms with Gasteiger partial charge in [-0.25, -0.2) is 0 Å². The molecule has 0 atom stereocenters. The maximum Gasteiger partial charge on any atom is 0.145 e. The van der Waals surface area contributed by atoms with Crippen molar-refractivity contribution in [3.63, 3.8) is 0 Å². The minimum absolute atomic E-state index is 0.384. The average Bonchev–Trinajstić information content (AvgIpc) is 2.65. The predicted octanol–water partition coefficient (Wildman–Crippen LogP) is 5.70. The smallest absolute Gasteiger partial charge is 0.145 e. The van der Waals surface area contributed by atoms with E-state index in [1.807, 2.05) is 36.4 Å². The number of rotatable bonds is 13. The molecule has 0 fully saturated rings. The van der Waals surface area contributed by atoms with Gasteiger partial charge in [-0.1, -0.05) is 48.6 Å². The Hall–Kier alpha value is -1.97. The molecule has 1 aromatic carbocycles. The van der Waals surface area contributed by atoms with Gasteiger partial charge in [-0.15, -0.1) is 18.2 Å². The first-order valence-electron chi connectivity index (χ1n) is 8.26.